The van der Waals surface area contributed by atoms with E-state index < -0.39 is 5.41 Å². The maximum atomic E-state index is 12.4. The summed E-state index contributed by atoms with van der Waals surface area (Å²) in [4.78, 5) is 24.0. The molecule has 0 bridgehead atoms. The van der Waals surface area contributed by atoms with E-state index in [-0.39, 0.29) is 11.6 Å². The van der Waals surface area contributed by atoms with Crippen LogP contribution in [0.2, 0.25) is 0 Å². The molecule has 0 saturated carbocycles. The lowest BCUT2D eigenvalue weighted by molar-refractivity contribution is -0.123. The third-order valence-corrected chi connectivity index (χ3v) is 4.09. The van der Waals surface area contributed by atoms with Crippen LogP contribution in [0.25, 0.3) is 16.1 Å². The minimum Gasteiger partial charge on any atom is -0.359 e. The molecule has 0 aliphatic carbocycles. The zero-order valence-electron chi connectivity index (χ0n) is 13.8. The Morgan fingerprint density at radius 3 is 2.52 bits per heavy atom. The molecule has 0 N–H and O–H groups in total. The molecule has 1 aromatic carbocycles. The van der Waals surface area contributed by atoms with Crippen molar-refractivity contribution >= 4 is 11.6 Å². The van der Waals surface area contributed by atoms with Crippen LogP contribution in [-0.4, -0.2) is 15.8 Å². The smallest absolute Gasteiger partial charge is 0.288 e. The van der Waals surface area contributed by atoms with E-state index in [1.54, 1.807) is 6.20 Å². The first-order chi connectivity index (χ1) is 11.0. The highest BCUT2D eigenvalue weighted by molar-refractivity contribution is 5.89. The van der Waals surface area contributed by atoms with Gasteiger partial charge in [-0.25, -0.2) is 0 Å². The molecule has 0 unspecified atom stereocenters. The second-order valence-corrected chi connectivity index (χ2v) is 6.10. The first-order valence-corrected chi connectivity index (χ1v) is 7.82. The van der Waals surface area contributed by atoms with E-state index in [1.807, 2.05) is 38.1 Å². The molecular formula is C19H21N3O. The molecule has 0 atom stereocenters. The van der Waals surface area contributed by atoms with Gasteiger partial charge in [-0.1, -0.05) is 44.2 Å². The van der Waals surface area contributed by atoms with E-state index >= 15 is 0 Å². The normalized spacial score (nSPS) is 11.0. The van der Waals surface area contributed by atoms with E-state index in [0.29, 0.717) is 12.1 Å². The Balaban J connectivity index is 2.25. The molecule has 0 amide bonds. The molecule has 0 aliphatic rings. The van der Waals surface area contributed by atoms with Gasteiger partial charge in [-0.2, -0.15) is 0 Å². The average molecular weight is 307 g/mol. The van der Waals surface area contributed by atoms with E-state index in [9.17, 15) is 4.79 Å². The van der Waals surface area contributed by atoms with Crippen LogP contribution < -0.4 is 0 Å². The van der Waals surface area contributed by atoms with Gasteiger partial charge >= 0.3 is 0 Å². The minimum atomic E-state index is -0.488. The number of nitrogens with zero attached hydrogens (tertiary/aromatic N) is 3. The topological polar surface area (TPSA) is 47.2 Å². The molecule has 0 saturated heterocycles. The average Bonchev–Trinajstić information content (AvgIpc) is 2.59. The van der Waals surface area contributed by atoms with Crippen LogP contribution in [0, 0.1) is 6.57 Å². The monoisotopic (exact) mass is 307 g/mol. The molecule has 4 heteroatoms. The quantitative estimate of drug-likeness (QED) is 0.725. The molecule has 0 spiro atoms. The summed E-state index contributed by atoms with van der Waals surface area (Å²) in [5.41, 5.74) is 2.07. The van der Waals surface area contributed by atoms with Crippen molar-refractivity contribution in [2.75, 3.05) is 0 Å². The lowest BCUT2D eigenvalue weighted by atomic mass is 9.78. The lowest BCUT2D eigenvalue weighted by Gasteiger charge is -2.24. The molecule has 23 heavy (non-hydrogen) atoms. The number of carbonyl (C=O) groups excluding carboxylic acids is 1. The van der Waals surface area contributed by atoms with Crippen LogP contribution in [0.1, 0.15) is 45.6 Å². The highest BCUT2D eigenvalue weighted by Gasteiger charge is 2.28. The van der Waals surface area contributed by atoms with Gasteiger partial charge in [-0.3, -0.25) is 9.78 Å². The second-order valence-electron chi connectivity index (χ2n) is 6.10. The number of hydrogen-bond acceptors (Lipinski definition) is 3. The fourth-order valence-electron chi connectivity index (χ4n) is 2.42. The Labute approximate surface area is 137 Å². The van der Waals surface area contributed by atoms with Crippen molar-refractivity contribution in [3.05, 3.63) is 53.6 Å². The van der Waals surface area contributed by atoms with E-state index in [0.717, 1.165) is 24.0 Å². The molecule has 0 fully saturated rings. The zero-order valence-corrected chi connectivity index (χ0v) is 13.8. The van der Waals surface area contributed by atoms with Gasteiger partial charge < -0.3 is 4.85 Å². The molecule has 0 aliphatic heterocycles. The summed E-state index contributed by atoms with van der Waals surface area (Å²) in [6.07, 6.45) is 5.65. The molecule has 0 radical (unpaired) electrons. The van der Waals surface area contributed by atoms with Gasteiger partial charge in [0, 0.05) is 17.4 Å². The van der Waals surface area contributed by atoms with Crippen molar-refractivity contribution in [3.8, 4) is 11.3 Å². The molecule has 4 nitrogen and oxygen atoms in total. The van der Waals surface area contributed by atoms with Gasteiger partial charge in [-0.15, -0.1) is 4.98 Å². The fraction of sp³-hybridized carbons (Fsp3) is 0.368. The third kappa shape index (κ3) is 3.81. The largest absolute Gasteiger partial charge is 0.359 e. The van der Waals surface area contributed by atoms with Crippen LogP contribution in [0.4, 0.5) is 5.82 Å². The standard InChI is InChI=1S/C19H21N3O/c1-5-6-7-17(23)19(2,3)15-10-8-14(9-11-15)16-12-21-13-18(20-4)22-16/h8-13H,5-7H2,1-3H3. The van der Waals surface area contributed by atoms with E-state index in [2.05, 4.69) is 21.7 Å². The summed E-state index contributed by atoms with van der Waals surface area (Å²) in [5.74, 6) is 0.545. The minimum absolute atomic E-state index is 0.266. The van der Waals surface area contributed by atoms with Crippen LogP contribution in [-0.2, 0) is 10.2 Å². The number of carbonyl (C=O) groups is 1. The van der Waals surface area contributed by atoms with Crippen molar-refractivity contribution < 1.29 is 4.79 Å². The Kier molecular flexibility index (Phi) is 5.23. The Morgan fingerprint density at radius 2 is 1.91 bits per heavy atom. The number of aromatic nitrogens is 2. The van der Waals surface area contributed by atoms with Crippen molar-refractivity contribution in [2.45, 2.75) is 45.4 Å². The molecule has 1 heterocycles. The Morgan fingerprint density at radius 1 is 1.22 bits per heavy atom. The highest BCUT2D eigenvalue weighted by Crippen LogP contribution is 2.28. The van der Waals surface area contributed by atoms with Crippen LogP contribution in [0.15, 0.2) is 36.7 Å². The van der Waals surface area contributed by atoms with Crippen molar-refractivity contribution in [1.82, 2.24) is 9.97 Å². The fourth-order valence-corrected chi connectivity index (χ4v) is 2.42. The Bertz CT molecular complexity index is 727. The summed E-state index contributed by atoms with van der Waals surface area (Å²) in [6.45, 7) is 13.0. The highest BCUT2D eigenvalue weighted by atomic mass is 16.1. The number of benzene rings is 1. The molecule has 1 aromatic heterocycles. The van der Waals surface area contributed by atoms with Gasteiger partial charge in [0.25, 0.3) is 5.82 Å². The lowest BCUT2D eigenvalue weighted by Crippen LogP contribution is -2.28. The number of ketones is 1. The van der Waals surface area contributed by atoms with Gasteiger partial charge in [0.2, 0.25) is 0 Å². The van der Waals surface area contributed by atoms with Gasteiger partial charge in [0.1, 0.15) is 5.78 Å². The summed E-state index contributed by atoms with van der Waals surface area (Å²) in [6, 6.07) is 7.79. The van der Waals surface area contributed by atoms with Crippen molar-refractivity contribution in [1.29, 1.82) is 0 Å². The molecular weight excluding hydrogens is 286 g/mol. The van der Waals surface area contributed by atoms with Crippen LogP contribution in [0.5, 0.6) is 0 Å². The van der Waals surface area contributed by atoms with Gasteiger partial charge in [0.15, 0.2) is 5.69 Å². The second kappa shape index (κ2) is 7.15. The van der Waals surface area contributed by atoms with Crippen LogP contribution >= 0.6 is 0 Å². The van der Waals surface area contributed by atoms with Crippen LogP contribution in [0.3, 0.4) is 0 Å². The number of Topliss-reactive ketones (excluding diaryl/α,β-unsaturated/α-hetero) is 1. The maximum Gasteiger partial charge on any atom is 0.288 e. The maximum absolute atomic E-state index is 12.4. The number of hydrogen-bond donors (Lipinski definition) is 0. The van der Waals surface area contributed by atoms with E-state index in [4.69, 9.17) is 6.57 Å². The first-order valence-electron chi connectivity index (χ1n) is 7.82. The summed E-state index contributed by atoms with van der Waals surface area (Å²) < 4.78 is 0. The van der Waals surface area contributed by atoms with Crippen molar-refractivity contribution in [3.63, 3.8) is 0 Å². The van der Waals surface area contributed by atoms with Crippen molar-refractivity contribution in [2.24, 2.45) is 0 Å². The number of rotatable bonds is 6. The zero-order chi connectivity index (χ0) is 16.9. The third-order valence-electron chi connectivity index (χ3n) is 4.09. The molecule has 118 valence electrons. The SMILES string of the molecule is [C-]#[N+]c1cncc(-c2ccc(C(C)(C)C(=O)CCCC)cc2)n1. The Hall–Kier alpha value is -2.54. The first kappa shape index (κ1) is 16.8. The van der Waals surface area contributed by atoms with Gasteiger partial charge in [-0.05, 0) is 25.8 Å². The molecule has 2 rings (SSSR count). The summed E-state index contributed by atoms with van der Waals surface area (Å²) in [5, 5.41) is 0. The predicted molar refractivity (Wildman–Crippen MR) is 91.3 cm³/mol. The number of unbranched alkanes of at least 4 members (excludes halogenated alkanes) is 1. The summed E-state index contributed by atoms with van der Waals surface area (Å²) in [7, 11) is 0. The van der Waals surface area contributed by atoms with Gasteiger partial charge in [0.05, 0.1) is 12.4 Å². The van der Waals surface area contributed by atoms with E-state index in [1.165, 1.54) is 6.20 Å². The molecule has 2 aromatic rings. The predicted octanol–water partition coefficient (Wildman–Crippen LogP) is 4.73. The summed E-state index contributed by atoms with van der Waals surface area (Å²) >= 11 is 0.